The van der Waals surface area contributed by atoms with Crippen LogP contribution < -0.4 is 5.32 Å². The Morgan fingerprint density at radius 1 is 1.12 bits per heavy atom. The summed E-state index contributed by atoms with van der Waals surface area (Å²) in [6, 6.07) is 13.1. The predicted octanol–water partition coefficient (Wildman–Crippen LogP) is 4.91. The van der Waals surface area contributed by atoms with Crippen molar-refractivity contribution in [1.29, 1.82) is 0 Å². The minimum atomic E-state index is -0.351. The van der Waals surface area contributed by atoms with Crippen LogP contribution in [0.4, 0.5) is 5.69 Å². The Morgan fingerprint density at radius 2 is 1.81 bits per heavy atom. The van der Waals surface area contributed by atoms with Crippen LogP contribution in [0.2, 0.25) is 5.02 Å². The van der Waals surface area contributed by atoms with Crippen molar-refractivity contribution in [2.75, 3.05) is 5.32 Å². The molecule has 0 saturated carbocycles. The van der Waals surface area contributed by atoms with E-state index in [1.165, 1.54) is 5.56 Å². The molecule has 0 unspecified atom stereocenters. The fraction of sp³-hybridized carbons (Fsp3) is 0.250. The van der Waals surface area contributed by atoms with E-state index in [9.17, 15) is 4.79 Å². The minimum absolute atomic E-state index is 0.171. The maximum Gasteiger partial charge on any atom is 0.275 e. The van der Waals surface area contributed by atoms with E-state index < -0.39 is 0 Å². The monoisotopic (exact) mass is 368 g/mol. The molecule has 0 spiro atoms. The molecule has 0 atom stereocenters. The van der Waals surface area contributed by atoms with Gasteiger partial charge in [-0.1, -0.05) is 37.6 Å². The Morgan fingerprint density at radius 3 is 2.38 bits per heavy atom. The number of carbonyl (C=O) groups is 1. The van der Waals surface area contributed by atoms with E-state index in [0.717, 1.165) is 11.4 Å². The van der Waals surface area contributed by atoms with Crippen molar-refractivity contribution in [3.05, 3.63) is 70.1 Å². The molecule has 1 N–H and O–H groups in total. The van der Waals surface area contributed by atoms with Gasteiger partial charge >= 0.3 is 0 Å². The first-order valence-corrected chi connectivity index (χ1v) is 8.84. The molecule has 6 heteroatoms. The number of nitrogens with one attached hydrogen (secondary N) is 1. The lowest BCUT2D eigenvalue weighted by Crippen LogP contribution is -2.16. The second-order valence-electron chi connectivity index (χ2n) is 6.57. The molecule has 3 rings (SSSR count). The number of rotatable bonds is 4. The first kappa shape index (κ1) is 18.1. The molecule has 134 valence electrons. The fourth-order valence-corrected chi connectivity index (χ4v) is 2.90. The standard InChI is InChI=1S/C20H21ClN4O/c1-12(2)15-5-7-16(8-6-15)22-20(26)19-17(21)9-10-18(23-19)25-14(4)11-13(3)24-25/h5-12H,1-4H3,(H,22,26). The third-order valence-corrected chi connectivity index (χ3v) is 4.41. The van der Waals surface area contributed by atoms with Gasteiger partial charge in [0, 0.05) is 11.4 Å². The highest BCUT2D eigenvalue weighted by molar-refractivity contribution is 6.34. The maximum absolute atomic E-state index is 12.6. The van der Waals surface area contributed by atoms with Crippen LogP contribution in [0, 0.1) is 13.8 Å². The summed E-state index contributed by atoms with van der Waals surface area (Å²) in [4.78, 5) is 17.1. The Hall–Kier alpha value is -2.66. The molecule has 26 heavy (non-hydrogen) atoms. The molecule has 0 saturated heterocycles. The van der Waals surface area contributed by atoms with Crippen molar-refractivity contribution in [2.24, 2.45) is 0 Å². The van der Waals surface area contributed by atoms with Crippen LogP contribution in [0.5, 0.6) is 0 Å². The van der Waals surface area contributed by atoms with E-state index in [4.69, 9.17) is 11.6 Å². The highest BCUT2D eigenvalue weighted by atomic mass is 35.5. The van der Waals surface area contributed by atoms with Gasteiger partial charge in [0.25, 0.3) is 5.91 Å². The van der Waals surface area contributed by atoms with Crippen molar-refractivity contribution in [3.8, 4) is 5.82 Å². The number of nitrogens with zero attached hydrogens (tertiary/aromatic N) is 3. The van der Waals surface area contributed by atoms with Gasteiger partial charge in [-0.25, -0.2) is 9.67 Å². The number of aryl methyl sites for hydroxylation is 2. The quantitative estimate of drug-likeness (QED) is 0.711. The Kier molecular flexibility index (Phi) is 5.09. The van der Waals surface area contributed by atoms with Gasteiger partial charge in [0.15, 0.2) is 5.82 Å². The summed E-state index contributed by atoms with van der Waals surface area (Å²) in [5.41, 5.74) is 3.91. The average molecular weight is 369 g/mol. The van der Waals surface area contributed by atoms with Crippen LogP contribution in [0.1, 0.15) is 47.2 Å². The molecule has 5 nitrogen and oxygen atoms in total. The fourth-order valence-electron chi connectivity index (χ4n) is 2.71. The van der Waals surface area contributed by atoms with Gasteiger partial charge in [-0.15, -0.1) is 0 Å². The summed E-state index contributed by atoms with van der Waals surface area (Å²) in [5.74, 6) is 0.643. The first-order valence-electron chi connectivity index (χ1n) is 8.46. The number of carbonyl (C=O) groups excluding carboxylic acids is 1. The van der Waals surface area contributed by atoms with E-state index in [-0.39, 0.29) is 11.6 Å². The number of halogens is 1. The van der Waals surface area contributed by atoms with E-state index in [1.54, 1.807) is 16.8 Å². The molecule has 0 aliphatic carbocycles. The predicted molar refractivity (Wildman–Crippen MR) is 104 cm³/mol. The van der Waals surface area contributed by atoms with Crippen molar-refractivity contribution in [2.45, 2.75) is 33.6 Å². The van der Waals surface area contributed by atoms with Gasteiger partial charge < -0.3 is 5.32 Å². The Bertz CT molecular complexity index is 945. The normalized spacial score (nSPS) is 11.0. The number of anilines is 1. The smallest absolute Gasteiger partial charge is 0.275 e. The van der Waals surface area contributed by atoms with Crippen LogP contribution in [0.3, 0.4) is 0 Å². The molecule has 3 aromatic rings. The number of aromatic nitrogens is 3. The van der Waals surface area contributed by atoms with Crippen LogP contribution in [0.25, 0.3) is 5.82 Å². The number of pyridine rings is 1. The average Bonchev–Trinajstić information content (AvgIpc) is 2.94. The van der Waals surface area contributed by atoms with Crippen LogP contribution >= 0.6 is 11.6 Å². The topological polar surface area (TPSA) is 59.8 Å². The lowest BCUT2D eigenvalue weighted by molar-refractivity contribution is 0.102. The number of amides is 1. The van der Waals surface area contributed by atoms with E-state index >= 15 is 0 Å². The Labute approximate surface area is 158 Å². The first-order chi connectivity index (χ1) is 12.3. The molecule has 1 amide bonds. The van der Waals surface area contributed by atoms with Gasteiger partial charge in [0.1, 0.15) is 5.69 Å². The molecule has 0 fully saturated rings. The lowest BCUT2D eigenvalue weighted by Gasteiger charge is -2.10. The third kappa shape index (κ3) is 3.78. The summed E-state index contributed by atoms with van der Waals surface area (Å²) in [5, 5.41) is 7.55. The summed E-state index contributed by atoms with van der Waals surface area (Å²) < 4.78 is 1.69. The second-order valence-corrected chi connectivity index (χ2v) is 6.98. The number of hydrogen-bond acceptors (Lipinski definition) is 3. The van der Waals surface area contributed by atoms with Gasteiger partial charge in [-0.3, -0.25) is 4.79 Å². The van der Waals surface area contributed by atoms with Crippen molar-refractivity contribution in [3.63, 3.8) is 0 Å². The molecule has 0 aliphatic heterocycles. The molecule has 2 aromatic heterocycles. The van der Waals surface area contributed by atoms with E-state index in [2.05, 4.69) is 29.2 Å². The van der Waals surface area contributed by atoms with Crippen molar-refractivity contribution >= 4 is 23.2 Å². The molecule has 0 radical (unpaired) electrons. The highest BCUT2D eigenvalue weighted by Gasteiger charge is 2.15. The molecule has 0 bridgehead atoms. The second kappa shape index (κ2) is 7.30. The molecule has 0 aliphatic rings. The summed E-state index contributed by atoms with van der Waals surface area (Å²) in [7, 11) is 0. The molecule has 1 aromatic carbocycles. The largest absolute Gasteiger partial charge is 0.321 e. The van der Waals surface area contributed by atoms with E-state index in [1.807, 2.05) is 44.2 Å². The zero-order chi connectivity index (χ0) is 18.8. The molecule has 2 heterocycles. The number of benzene rings is 1. The lowest BCUT2D eigenvalue weighted by atomic mass is 10.0. The van der Waals surface area contributed by atoms with E-state index in [0.29, 0.717) is 22.4 Å². The van der Waals surface area contributed by atoms with Crippen LogP contribution in [0.15, 0.2) is 42.5 Å². The maximum atomic E-state index is 12.6. The van der Waals surface area contributed by atoms with Gasteiger partial charge in [0.2, 0.25) is 0 Å². The SMILES string of the molecule is Cc1cc(C)n(-c2ccc(Cl)c(C(=O)Nc3ccc(C(C)C)cc3)n2)n1. The Balaban J connectivity index is 1.87. The van der Waals surface area contributed by atoms with Gasteiger partial charge in [-0.05, 0) is 55.7 Å². The van der Waals surface area contributed by atoms with Crippen molar-refractivity contribution < 1.29 is 4.79 Å². The summed E-state index contributed by atoms with van der Waals surface area (Å²) in [6.07, 6.45) is 0. The van der Waals surface area contributed by atoms with Gasteiger partial charge in [0.05, 0.1) is 10.7 Å². The zero-order valence-corrected chi connectivity index (χ0v) is 16.0. The molecular weight excluding hydrogens is 348 g/mol. The summed E-state index contributed by atoms with van der Waals surface area (Å²) in [6.45, 7) is 8.10. The summed E-state index contributed by atoms with van der Waals surface area (Å²) >= 11 is 6.20. The van der Waals surface area contributed by atoms with Crippen LogP contribution in [-0.4, -0.2) is 20.7 Å². The third-order valence-electron chi connectivity index (χ3n) is 4.11. The van der Waals surface area contributed by atoms with Gasteiger partial charge in [-0.2, -0.15) is 5.10 Å². The van der Waals surface area contributed by atoms with Crippen molar-refractivity contribution in [1.82, 2.24) is 14.8 Å². The van der Waals surface area contributed by atoms with Crippen LogP contribution in [-0.2, 0) is 0 Å². The number of hydrogen-bond donors (Lipinski definition) is 1. The molecular formula is C20H21ClN4O. The minimum Gasteiger partial charge on any atom is -0.321 e. The highest BCUT2D eigenvalue weighted by Crippen LogP contribution is 2.21. The zero-order valence-electron chi connectivity index (χ0n) is 15.2.